The Morgan fingerprint density at radius 3 is 2.55 bits per heavy atom. The van der Waals surface area contributed by atoms with Gasteiger partial charge in [-0.05, 0) is 36.4 Å². The predicted molar refractivity (Wildman–Crippen MR) is 87.2 cm³/mol. The highest BCUT2D eigenvalue weighted by Gasteiger charge is 2.21. The number of thiophene rings is 1. The Bertz CT molecular complexity index is 681. The molecule has 0 bridgehead atoms. The molecule has 0 saturated carbocycles. The number of nitrogens with one attached hydrogen (secondary N) is 1. The summed E-state index contributed by atoms with van der Waals surface area (Å²) < 4.78 is 0. The summed E-state index contributed by atoms with van der Waals surface area (Å²) in [6.45, 7) is 5.73. The van der Waals surface area contributed by atoms with Crippen LogP contribution in [0.1, 0.15) is 40.7 Å². The first-order valence-corrected chi connectivity index (χ1v) is 7.87. The number of nitrogens with zero attached hydrogens (tertiary/aromatic N) is 1. The second-order valence-corrected chi connectivity index (χ2v) is 6.45. The van der Waals surface area contributed by atoms with E-state index < -0.39 is 4.92 Å². The number of aryl methyl sites for hydroxylation is 1. The van der Waals surface area contributed by atoms with Crippen molar-refractivity contribution in [3.63, 3.8) is 0 Å². The molecule has 2 aromatic rings. The molecule has 0 fully saturated rings. The lowest BCUT2D eigenvalue weighted by Crippen LogP contribution is -2.31. The van der Waals surface area contributed by atoms with Crippen LogP contribution >= 0.6 is 11.3 Å². The number of carbonyl (C=O) groups excluding carboxylic acids is 1. The maximum absolute atomic E-state index is 12.4. The summed E-state index contributed by atoms with van der Waals surface area (Å²) in [5, 5.41) is 15.8. The van der Waals surface area contributed by atoms with Crippen LogP contribution in [0.25, 0.3) is 0 Å². The molecule has 5 nitrogen and oxygen atoms in total. The maximum Gasteiger partial charge on any atom is 0.272 e. The number of hydrogen-bond acceptors (Lipinski definition) is 4. The van der Waals surface area contributed by atoms with Crippen molar-refractivity contribution >= 4 is 22.9 Å². The Morgan fingerprint density at radius 2 is 2.05 bits per heavy atom. The number of nitro benzene ring substituents is 1. The summed E-state index contributed by atoms with van der Waals surface area (Å²) in [4.78, 5) is 23.9. The van der Waals surface area contributed by atoms with Crippen LogP contribution in [-0.2, 0) is 0 Å². The summed E-state index contributed by atoms with van der Waals surface area (Å²) in [6.07, 6.45) is 0. The van der Waals surface area contributed by atoms with Crippen LogP contribution in [0.4, 0.5) is 5.69 Å². The van der Waals surface area contributed by atoms with Gasteiger partial charge in [0.15, 0.2) is 0 Å². The SMILES string of the molecule is Cc1cc(C(=O)NC(c2cccs2)C(C)C)ccc1[N+](=O)[O-]. The van der Waals surface area contributed by atoms with Gasteiger partial charge in [0.25, 0.3) is 11.6 Å². The monoisotopic (exact) mass is 318 g/mol. The molecule has 1 aromatic heterocycles. The Labute approximate surface area is 133 Å². The van der Waals surface area contributed by atoms with Crippen LogP contribution in [0.5, 0.6) is 0 Å². The second-order valence-electron chi connectivity index (χ2n) is 5.47. The average molecular weight is 318 g/mol. The zero-order valence-electron chi connectivity index (χ0n) is 12.7. The lowest BCUT2D eigenvalue weighted by molar-refractivity contribution is -0.385. The highest BCUT2D eigenvalue weighted by molar-refractivity contribution is 7.10. The molecular formula is C16H18N2O3S. The van der Waals surface area contributed by atoms with Gasteiger partial charge in [-0.15, -0.1) is 11.3 Å². The molecule has 116 valence electrons. The fraction of sp³-hybridized carbons (Fsp3) is 0.312. The molecule has 1 atom stereocenters. The first kappa shape index (κ1) is 16.2. The molecule has 6 heteroatoms. The highest BCUT2D eigenvalue weighted by atomic mass is 32.1. The quantitative estimate of drug-likeness (QED) is 0.666. The van der Waals surface area contributed by atoms with Crippen LogP contribution in [-0.4, -0.2) is 10.8 Å². The normalized spacial score (nSPS) is 12.2. The minimum atomic E-state index is -0.445. The van der Waals surface area contributed by atoms with E-state index in [1.165, 1.54) is 12.1 Å². The van der Waals surface area contributed by atoms with Gasteiger partial charge in [-0.1, -0.05) is 19.9 Å². The molecule has 0 aliphatic carbocycles. The number of nitro groups is 1. The van der Waals surface area contributed by atoms with Gasteiger partial charge in [0.05, 0.1) is 11.0 Å². The van der Waals surface area contributed by atoms with Crippen LogP contribution in [0.3, 0.4) is 0 Å². The van der Waals surface area contributed by atoms with E-state index >= 15 is 0 Å². The van der Waals surface area contributed by atoms with E-state index in [9.17, 15) is 14.9 Å². The lowest BCUT2D eigenvalue weighted by atomic mass is 10.0. The molecule has 2 rings (SSSR count). The molecule has 1 unspecified atom stereocenters. The van der Waals surface area contributed by atoms with Crippen molar-refractivity contribution < 1.29 is 9.72 Å². The molecule has 1 aromatic carbocycles. The Kier molecular flexibility index (Phi) is 4.92. The molecule has 1 amide bonds. The van der Waals surface area contributed by atoms with E-state index in [2.05, 4.69) is 5.32 Å². The zero-order valence-corrected chi connectivity index (χ0v) is 13.5. The van der Waals surface area contributed by atoms with Gasteiger partial charge in [0, 0.05) is 22.1 Å². The molecule has 0 spiro atoms. The van der Waals surface area contributed by atoms with Gasteiger partial charge in [-0.2, -0.15) is 0 Å². The van der Waals surface area contributed by atoms with Crippen LogP contribution in [0, 0.1) is 23.0 Å². The molecular weight excluding hydrogens is 300 g/mol. The smallest absolute Gasteiger partial charge is 0.272 e. The van der Waals surface area contributed by atoms with Crippen molar-refractivity contribution in [2.24, 2.45) is 5.92 Å². The molecule has 1 heterocycles. The standard InChI is InChI=1S/C16H18N2O3S/c1-10(2)15(14-5-4-8-22-14)17-16(19)12-6-7-13(18(20)21)11(3)9-12/h4-10,15H,1-3H3,(H,17,19). The molecule has 0 saturated heterocycles. The summed E-state index contributed by atoms with van der Waals surface area (Å²) in [6, 6.07) is 8.31. The van der Waals surface area contributed by atoms with Gasteiger partial charge in [-0.3, -0.25) is 14.9 Å². The van der Waals surface area contributed by atoms with Crippen LogP contribution in [0.15, 0.2) is 35.7 Å². The summed E-state index contributed by atoms with van der Waals surface area (Å²) >= 11 is 1.60. The van der Waals surface area contributed by atoms with Crippen molar-refractivity contribution in [3.8, 4) is 0 Å². The summed E-state index contributed by atoms with van der Waals surface area (Å²) in [5.74, 6) is 0.0341. The third kappa shape index (κ3) is 3.51. The van der Waals surface area contributed by atoms with E-state index in [4.69, 9.17) is 0 Å². The maximum atomic E-state index is 12.4. The Hall–Kier alpha value is -2.21. The minimum absolute atomic E-state index is 0.0233. The van der Waals surface area contributed by atoms with E-state index in [0.29, 0.717) is 11.1 Å². The molecule has 1 N–H and O–H groups in total. The number of benzene rings is 1. The third-order valence-corrected chi connectivity index (χ3v) is 4.41. The van der Waals surface area contributed by atoms with Crippen molar-refractivity contribution in [2.75, 3.05) is 0 Å². The Balaban J connectivity index is 2.21. The highest BCUT2D eigenvalue weighted by Crippen LogP contribution is 2.26. The van der Waals surface area contributed by atoms with Gasteiger partial charge in [0.1, 0.15) is 0 Å². The Morgan fingerprint density at radius 1 is 1.32 bits per heavy atom. The number of rotatable bonds is 5. The second kappa shape index (κ2) is 6.70. The van der Waals surface area contributed by atoms with Gasteiger partial charge in [0.2, 0.25) is 0 Å². The van der Waals surface area contributed by atoms with Crippen LogP contribution in [0.2, 0.25) is 0 Å². The fourth-order valence-electron chi connectivity index (χ4n) is 2.26. The minimum Gasteiger partial charge on any atom is -0.344 e. The van der Waals surface area contributed by atoms with E-state index in [1.54, 1.807) is 24.3 Å². The first-order chi connectivity index (χ1) is 10.4. The number of carbonyl (C=O) groups is 1. The molecule has 22 heavy (non-hydrogen) atoms. The molecule has 0 aliphatic rings. The summed E-state index contributed by atoms with van der Waals surface area (Å²) in [5.41, 5.74) is 0.940. The van der Waals surface area contributed by atoms with Gasteiger partial charge >= 0.3 is 0 Å². The van der Waals surface area contributed by atoms with E-state index in [-0.39, 0.29) is 23.6 Å². The van der Waals surface area contributed by atoms with E-state index in [0.717, 1.165) is 4.88 Å². The lowest BCUT2D eigenvalue weighted by Gasteiger charge is -2.21. The van der Waals surface area contributed by atoms with Crippen molar-refractivity contribution in [2.45, 2.75) is 26.8 Å². The van der Waals surface area contributed by atoms with Crippen molar-refractivity contribution in [3.05, 3.63) is 61.8 Å². The third-order valence-electron chi connectivity index (χ3n) is 3.46. The first-order valence-electron chi connectivity index (χ1n) is 6.99. The van der Waals surface area contributed by atoms with Crippen LogP contribution < -0.4 is 5.32 Å². The molecule has 0 radical (unpaired) electrons. The molecule has 0 aliphatic heterocycles. The topological polar surface area (TPSA) is 72.2 Å². The van der Waals surface area contributed by atoms with Gasteiger partial charge < -0.3 is 5.32 Å². The average Bonchev–Trinajstić information content (AvgIpc) is 2.97. The number of amides is 1. The zero-order chi connectivity index (χ0) is 16.3. The largest absolute Gasteiger partial charge is 0.344 e. The number of hydrogen-bond donors (Lipinski definition) is 1. The van der Waals surface area contributed by atoms with Crippen molar-refractivity contribution in [1.82, 2.24) is 5.32 Å². The fourth-order valence-corrected chi connectivity index (χ4v) is 3.21. The van der Waals surface area contributed by atoms with Crippen molar-refractivity contribution in [1.29, 1.82) is 0 Å². The summed E-state index contributed by atoms with van der Waals surface area (Å²) in [7, 11) is 0. The van der Waals surface area contributed by atoms with E-state index in [1.807, 2.05) is 31.4 Å². The predicted octanol–water partition coefficient (Wildman–Crippen LogP) is 4.09. The van der Waals surface area contributed by atoms with Gasteiger partial charge in [-0.25, -0.2) is 0 Å².